The fourth-order valence-corrected chi connectivity index (χ4v) is 1.92. The van der Waals surface area contributed by atoms with Crippen LogP contribution in [0, 0.1) is 5.92 Å². The molecule has 1 amide bonds. The minimum absolute atomic E-state index is 0.0484. The van der Waals surface area contributed by atoms with E-state index >= 15 is 0 Å². The molecule has 0 aromatic carbocycles. The van der Waals surface area contributed by atoms with Crippen LogP contribution in [0.25, 0.3) is 0 Å². The van der Waals surface area contributed by atoms with E-state index in [0.29, 0.717) is 30.5 Å². The molecule has 1 aromatic rings. The van der Waals surface area contributed by atoms with Gasteiger partial charge in [-0.2, -0.15) is 17.6 Å². The summed E-state index contributed by atoms with van der Waals surface area (Å²) in [7, 11) is 1.54. The maximum Gasteiger partial charge on any atom is 0.235 e. The van der Waals surface area contributed by atoms with E-state index in [2.05, 4.69) is 22.6 Å². The molecule has 1 aromatic heterocycles. The van der Waals surface area contributed by atoms with Crippen LogP contribution in [-0.4, -0.2) is 35.3 Å². The van der Waals surface area contributed by atoms with Gasteiger partial charge in [-0.25, -0.2) is 4.98 Å². The van der Waals surface area contributed by atoms with Crippen molar-refractivity contribution in [2.45, 2.75) is 6.42 Å². The highest BCUT2D eigenvalue weighted by Crippen LogP contribution is 2.23. The minimum atomic E-state index is 0.0484. The van der Waals surface area contributed by atoms with Crippen molar-refractivity contribution in [2.24, 2.45) is 5.92 Å². The Hall–Kier alpha value is -1.30. The number of hydrogen-bond acceptors (Lipinski definition) is 5. The molecule has 0 bridgehead atoms. The zero-order valence-corrected chi connectivity index (χ0v) is 9.85. The van der Waals surface area contributed by atoms with Gasteiger partial charge in [0.15, 0.2) is 0 Å². The Kier molecular flexibility index (Phi) is 3.28. The van der Waals surface area contributed by atoms with Crippen LogP contribution in [0.2, 0.25) is 0 Å². The lowest BCUT2D eigenvalue weighted by Gasteiger charge is -2.14. The summed E-state index contributed by atoms with van der Waals surface area (Å²) in [6.07, 6.45) is 2.10. The summed E-state index contributed by atoms with van der Waals surface area (Å²) in [5.41, 5.74) is 0. The molecule has 2 rings (SSSR count). The van der Waals surface area contributed by atoms with Crippen LogP contribution in [0.4, 0.5) is 5.95 Å². The molecule has 86 valence electrons. The second-order valence-electron chi connectivity index (χ2n) is 3.66. The molecule has 0 aliphatic carbocycles. The molecule has 0 radical (unpaired) electrons. The van der Waals surface area contributed by atoms with Gasteiger partial charge in [0.2, 0.25) is 17.7 Å². The second kappa shape index (κ2) is 4.69. The summed E-state index contributed by atoms with van der Waals surface area (Å²) in [6, 6.07) is 1.65. The zero-order chi connectivity index (χ0) is 11.5. The Morgan fingerprint density at radius 2 is 2.50 bits per heavy atom. The van der Waals surface area contributed by atoms with Crippen molar-refractivity contribution in [3.8, 4) is 5.88 Å². The largest absolute Gasteiger partial charge is 0.481 e. The minimum Gasteiger partial charge on any atom is -0.481 e. The van der Waals surface area contributed by atoms with E-state index in [1.807, 2.05) is 0 Å². The number of carbonyl (C=O) groups is 1. The van der Waals surface area contributed by atoms with Crippen LogP contribution in [-0.2, 0) is 4.79 Å². The van der Waals surface area contributed by atoms with E-state index in [1.54, 1.807) is 17.2 Å². The van der Waals surface area contributed by atoms with Gasteiger partial charge in [-0.15, -0.1) is 0 Å². The van der Waals surface area contributed by atoms with Crippen molar-refractivity contribution in [2.75, 3.05) is 24.3 Å². The molecular weight excluding hydrogens is 226 g/mol. The highest BCUT2D eigenvalue weighted by atomic mass is 32.1. The molecule has 0 spiro atoms. The molecule has 0 N–H and O–H groups in total. The number of thiol groups is 1. The fourth-order valence-electron chi connectivity index (χ4n) is 1.67. The second-order valence-corrected chi connectivity index (χ2v) is 4.02. The molecule has 1 atom stereocenters. The van der Waals surface area contributed by atoms with E-state index in [0.717, 1.165) is 0 Å². The van der Waals surface area contributed by atoms with Crippen molar-refractivity contribution < 1.29 is 9.53 Å². The Labute approximate surface area is 99.2 Å². The predicted octanol–water partition coefficient (Wildman–Crippen LogP) is 0.768. The highest BCUT2D eigenvalue weighted by molar-refractivity contribution is 7.80. The number of methoxy groups -OCH3 is 1. The Bertz CT molecular complexity index is 399. The van der Waals surface area contributed by atoms with Gasteiger partial charge < -0.3 is 4.74 Å². The third-order valence-electron chi connectivity index (χ3n) is 2.53. The molecule has 16 heavy (non-hydrogen) atoms. The van der Waals surface area contributed by atoms with Crippen LogP contribution < -0.4 is 9.64 Å². The molecule has 1 unspecified atom stereocenters. The molecule has 1 aliphatic rings. The number of aromatic nitrogens is 2. The maximum absolute atomic E-state index is 11.7. The van der Waals surface area contributed by atoms with Gasteiger partial charge in [0, 0.05) is 25.2 Å². The number of nitrogens with zero attached hydrogens (tertiary/aromatic N) is 3. The smallest absolute Gasteiger partial charge is 0.235 e. The van der Waals surface area contributed by atoms with E-state index < -0.39 is 0 Å². The SMILES string of the molecule is COc1ccnc(N2CC(CS)CC2=O)n1. The van der Waals surface area contributed by atoms with Gasteiger partial charge in [-0.1, -0.05) is 0 Å². The standard InChI is InChI=1S/C10H13N3O2S/c1-15-8-2-3-11-10(12-8)13-5-7(6-16)4-9(13)14/h2-3,7,16H,4-6H2,1H3. The maximum atomic E-state index is 11.7. The summed E-state index contributed by atoms with van der Waals surface area (Å²) >= 11 is 4.20. The first-order chi connectivity index (χ1) is 7.74. The van der Waals surface area contributed by atoms with Crippen molar-refractivity contribution in [3.63, 3.8) is 0 Å². The predicted molar refractivity (Wildman–Crippen MR) is 62.9 cm³/mol. The van der Waals surface area contributed by atoms with Crippen molar-refractivity contribution in [1.82, 2.24) is 9.97 Å². The van der Waals surface area contributed by atoms with Crippen molar-refractivity contribution >= 4 is 24.5 Å². The van der Waals surface area contributed by atoms with Gasteiger partial charge in [-0.3, -0.25) is 9.69 Å². The monoisotopic (exact) mass is 239 g/mol. The molecule has 2 heterocycles. The number of ether oxygens (including phenoxy) is 1. The first kappa shape index (κ1) is 11.2. The normalized spacial score (nSPS) is 20.2. The van der Waals surface area contributed by atoms with E-state index in [1.165, 1.54) is 7.11 Å². The summed E-state index contributed by atoms with van der Waals surface area (Å²) < 4.78 is 5.00. The number of anilines is 1. The van der Waals surface area contributed by atoms with Crippen LogP contribution >= 0.6 is 12.6 Å². The van der Waals surface area contributed by atoms with Gasteiger partial charge in [-0.05, 0) is 11.7 Å². The number of carbonyl (C=O) groups excluding carboxylic acids is 1. The molecule has 1 saturated heterocycles. The molecule has 1 aliphatic heterocycles. The summed E-state index contributed by atoms with van der Waals surface area (Å²) in [5.74, 6) is 1.91. The molecule has 0 saturated carbocycles. The van der Waals surface area contributed by atoms with Crippen molar-refractivity contribution in [1.29, 1.82) is 0 Å². The quantitative estimate of drug-likeness (QED) is 0.792. The molecular formula is C10H13N3O2S. The average molecular weight is 239 g/mol. The van der Waals surface area contributed by atoms with E-state index in [4.69, 9.17) is 4.74 Å². The molecule has 1 fully saturated rings. The first-order valence-corrected chi connectivity index (χ1v) is 5.66. The van der Waals surface area contributed by atoms with E-state index in [-0.39, 0.29) is 11.8 Å². The van der Waals surface area contributed by atoms with Gasteiger partial charge in [0.05, 0.1) is 7.11 Å². The van der Waals surface area contributed by atoms with Crippen LogP contribution in [0.5, 0.6) is 5.88 Å². The number of rotatable bonds is 3. The van der Waals surface area contributed by atoms with Crippen LogP contribution in [0.15, 0.2) is 12.3 Å². The third-order valence-corrected chi connectivity index (χ3v) is 3.05. The lowest BCUT2D eigenvalue weighted by atomic mass is 10.1. The summed E-state index contributed by atoms with van der Waals surface area (Å²) in [6.45, 7) is 0.634. The zero-order valence-electron chi connectivity index (χ0n) is 8.96. The highest BCUT2D eigenvalue weighted by Gasteiger charge is 2.31. The lowest BCUT2D eigenvalue weighted by Crippen LogP contribution is -2.26. The third kappa shape index (κ3) is 2.11. The summed E-state index contributed by atoms with van der Waals surface area (Å²) in [4.78, 5) is 21.5. The Morgan fingerprint density at radius 3 is 3.12 bits per heavy atom. The van der Waals surface area contributed by atoms with Crippen LogP contribution in [0.3, 0.4) is 0 Å². The van der Waals surface area contributed by atoms with Gasteiger partial charge in [0.25, 0.3) is 0 Å². The Morgan fingerprint density at radius 1 is 1.69 bits per heavy atom. The molecule has 5 nitrogen and oxygen atoms in total. The lowest BCUT2D eigenvalue weighted by molar-refractivity contribution is -0.117. The van der Waals surface area contributed by atoms with Crippen LogP contribution in [0.1, 0.15) is 6.42 Å². The summed E-state index contributed by atoms with van der Waals surface area (Å²) in [5, 5.41) is 0. The number of amides is 1. The van der Waals surface area contributed by atoms with E-state index in [9.17, 15) is 4.79 Å². The average Bonchev–Trinajstić information content (AvgIpc) is 2.71. The van der Waals surface area contributed by atoms with Gasteiger partial charge >= 0.3 is 0 Å². The molecule has 6 heteroatoms. The van der Waals surface area contributed by atoms with Gasteiger partial charge in [0.1, 0.15) is 0 Å². The topological polar surface area (TPSA) is 55.3 Å². The number of hydrogen-bond donors (Lipinski definition) is 1. The fraction of sp³-hybridized carbons (Fsp3) is 0.500. The van der Waals surface area contributed by atoms with Crippen molar-refractivity contribution in [3.05, 3.63) is 12.3 Å². The first-order valence-electron chi connectivity index (χ1n) is 5.03. The Balaban J connectivity index is 2.20.